The summed E-state index contributed by atoms with van der Waals surface area (Å²) in [5.74, 6) is 0.731. The molecule has 1 aromatic carbocycles. The van der Waals surface area contributed by atoms with Gasteiger partial charge < -0.3 is 10.2 Å². The number of nitrogens with zero attached hydrogens (tertiary/aromatic N) is 1. The number of thioether (sulfide) groups is 1. The summed E-state index contributed by atoms with van der Waals surface area (Å²) in [5, 5.41) is 3.01. The SMILES string of the molecule is CCCN(CC1CC1)C(=O)Nc1cccc(SC)c1. The van der Waals surface area contributed by atoms with Crippen LogP contribution in [0.15, 0.2) is 29.2 Å². The Kier molecular flexibility index (Phi) is 5.14. The van der Waals surface area contributed by atoms with Crippen LogP contribution in [0, 0.1) is 5.92 Å². The first-order valence-electron chi connectivity index (χ1n) is 6.93. The molecule has 1 saturated carbocycles. The molecule has 1 aliphatic carbocycles. The number of carbonyl (C=O) groups is 1. The molecular weight excluding hydrogens is 256 g/mol. The molecule has 104 valence electrons. The zero-order valence-electron chi connectivity index (χ0n) is 11.7. The van der Waals surface area contributed by atoms with E-state index in [1.807, 2.05) is 35.4 Å². The summed E-state index contributed by atoms with van der Waals surface area (Å²) in [6, 6.07) is 8.02. The molecule has 1 aromatic rings. The Labute approximate surface area is 119 Å². The first-order valence-corrected chi connectivity index (χ1v) is 8.15. The average Bonchev–Trinajstić information content (AvgIpc) is 3.22. The van der Waals surface area contributed by atoms with E-state index in [0.717, 1.165) is 31.1 Å². The molecule has 0 heterocycles. The average molecular weight is 278 g/mol. The summed E-state index contributed by atoms with van der Waals surface area (Å²) in [6.45, 7) is 3.86. The van der Waals surface area contributed by atoms with E-state index >= 15 is 0 Å². The number of carbonyl (C=O) groups excluding carboxylic acids is 1. The smallest absolute Gasteiger partial charge is 0.321 e. The summed E-state index contributed by atoms with van der Waals surface area (Å²) in [5.41, 5.74) is 0.883. The standard InChI is InChI=1S/C15H22N2OS/c1-3-9-17(11-12-7-8-12)15(18)16-13-5-4-6-14(10-13)19-2/h4-6,10,12H,3,7-9,11H2,1-2H3,(H,16,18). The molecule has 1 N–H and O–H groups in total. The van der Waals surface area contributed by atoms with Gasteiger partial charge in [-0.25, -0.2) is 4.79 Å². The van der Waals surface area contributed by atoms with Gasteiger partial charge in [-0.15, -0.1) is 11.8 Å². The summed E-state index contributed by atoms with van der Waals surface area (Å²) in [4.78, 5) is 15.4. The van der Waals surface area contributed by atoms with Gasteiger partial charge in [0, 0.05) is 23.7 Å². The Bertz CT molecular complexity index is 432. The topological polar surface area (TPSA) is 32.3 Å². The Hall–Kier alpha value is -1.16. The number of amides is 2. The van der Waals surface area contributed by atoms with Crippen LogP contribution in [-0.2, 0) is 0 Å². The van der Waals surface area contributed by atoms with Crippen molar-refractivity contribution < 1.29 is 4.79 Å². The first-order chi connectivity index (χ1) is 9.22. The summed E-state index contributed by atoms with van der Waals surface area (Å²) in [6.07, 6.45) is 5.59. The highest BCUT2D eigenvalue weighted by atomic mass is 32.2. The molecule has 4 heteroatoms. The van der Waals surface area contributed by atoms with Crippen molar-refractivity contribution in [3.8, 4) is 0 Å². The van der Waals surface area contributed by atoms with Crippen molar-refractivity contribution in [3.63, 3.8) is 0 Å². The van der Waals surface area contributed by atoms with Crippen molar-refractivity contribution in [1.82, 2.24) is 4.90 Å². The normalized spacial score (nSPS) is 14.2. The van der Waals surface area contributed by atoms with Crippen molar-refractivity contribution in [2.24, 2.45) is 5.92 Å². The minimum absolute atomic E-state index is 0.0343. The van der Waals surface area contributed by atoms with E-state index in [4.69, 9.17) is 0 Å². The van der Waals surface area contributed by atoms with Crippen LogP contribution < -0.4 is 5.32 Å². The molecule has 0 unspecified atom stereocenters. The number of rotatable bonds is 6. The van der Waals surface area contributed by atoms with Crippen LogP contribution in [0.2, 0.25) is 0 Å². The Balaban J connectivity index is 1.96. The second-order valence-corrected chi connectivity index (χ2v) is 5.93. The van der Waals surface area contributed by atoms with Crippen LogP contribution in [0.25, 0.3) is 0 Å². The van der Waals surface area contributed by atoms with Gasteiger partial charge in [0.05, 0.1) is 0 Å². The fraction of sp³-hybridized carbons (Fsp3) is 0.533. The lowest BCUT2D eigenvalue weighted by molar-refractivity contribution is 0.209. The predicted octanol–water partition coefficient (Wildman–Crippen LogP) is 4.06. The van der Waals surface area contributed by atoms with E-state index in [1.165, 1.54) is 17.7 Å². The van der Waals surface area contributed by atoms with Gasteiger partial charge in [-0.05, 0) is 49.6 Å². The van der Waals surface area contributed by atoms with Crippen molar-refractivity contribution >= 4 is 23.5 Å². The van der Waals surface area contributed by atoms with Crippen LogP contribution in [0.3, 0.4) is 0 Å². The van der Waals surface area contributed by atoms with Crippen LogP contribution >= 0.6 is 11.8 Å². The second-order valence-electron chi connectivity index (χ2n) is 5.05. The van der Waals surface area contributed by atoms with Crippen molar-refractivity contribution in [2.75, 3.05) is 24.7 Å². The van der Waals surface area contributed by atoms with Crippen LogP contribution in [-0.4, -0.2) is 30.3 Å². The fourth-order valence-electron chi connectivity index (χ4n) is 2.06. The lowest BCUT2D eigenvalue weighted by Crippen LogP contribution is -2.37. The number of nitrogens with one attached hydrogen (secondary N) is 1. The molecular formula is C15H22N2OS. The molecule has 1 fully saturated rings. The molecule has 1 aliphatic rings. The number of hydrogen-bond donors (Lipinski definition) is 1. The Morgan fingerprint density at radius 2 is 2.26 bits per heavy atom. The molecule has 0 spiro atoms. The van der Waals surface area contributed by atoms with Crippen molar-refractivity contribution in [3.05, 3.63) is 24.3 Å². The number of anilines is 1. The molecule has 0 saturated heterocycles. The Morgan fingerprint density at radius 3 is 2.89 bits per heavy atom. The highest BCUT2D eigenvalue weighted by molar-refractivity contribution is 7.98. The molecule has 0 bridgehead atoms. The molecule has 2 rings (SSSR count). The zero-order chi connectivity index (χ0) is 13.7. The van der Waals surface area contributed by atoms with Gasteiger partial charge in [0.25, 0.3) is 0 Å². The van der Waals surface area contributed by atoms with E-state index in [2.05, 4.69) is 12.2 Å². The van der Waals surface area contributed by atoms with Gasteiger partial charge in [0.1, 0.15) is 0 Å². The maximum absolute atomic E-state index is 12.3. The zero-order valence-corrected chi connectivity index (χ0v) is 12.5. The van der Waals surface area contributed by atoms with Gasteiger partial charge in [0.2, 0.25) is 0 Å². The van der Waals surface area contributed by atoms with Crippen LogP contribution in [0.4, 0.5) is 10.5 Å². The van der Waals surface area contributed by atoms with Gasteiger partial charge in [-0.1, -0.05) is 13.0 Å². The van der Waals surface area contributed by atoms with E-state index in [1.54, 1.807) is 11.8 Å². The molecule has 3 nitrogen and oxygen atoms in total. The minimum atomic E-state index is 0.0343. The van der Waals surface area contributed by atoms with E-state index in [-0.39, 0.29) is 6.03 Å². The molecule has 0 radical (unpaired) electrons. The van der Waals surface area contributed by atoms with Gasteiger partial charge >= 0.3 is 6.03 Å². The lowest BCUT2D eigenvalue weighted by atomic mass is 10.3. The second kappa shape index (κ2) is 6.85. The largest absolute Gasteiger partial charge is 0.324 e. The van der Waals surface area contributed by atoms with Crippen molar-refractivity contribution in [2.45, 2.75) is 31.1 Å². The summed E-state index contributed by atoms with van der Waals surface area (Å²) < 4.78 is 0. The maximum atomic E-state index is 12.3. The minimum Gasteiger partial charge on any atom is -0.324 e. The third-order valence-electron chi connectivity index (χ3n) is 3.28. The van der Waals surface area contributed by atoms with Gasteiger partial charge in [-0.2, -0.15) is 0 Å². The van der Waals surface area contributed by atoms with Crippen molar-refractivity contribution in [1.29, 1.82) is 0 Å². The van der Waals surface area contributed by atoms with Gasteiger partial charge in [-0.3, -0.25) is 0 Å². The summed E-state index contributed by atoms with van der Waals surface area (Å²) >= 11 is 1.68. The molecule has 19 heavy (non-hydrogen) atoms. The van der Waals surface area contributed by atoms with E-state index in [0.29, 0.717) is 0 Å². The first kappa shape index (κ1) is 14.3. The number of benzene rings is 1. The van der Waals surface area contributed by atoms with E-state index < -0.39 is 0 Å². The summed E-state index contributed by atoms with van der Waals surface area (Å²) in [7, 11) is 0. The van der Waals surface area contributed by atoms with Crippen LogP contribution in [0.1, 0.15) is 26.2 Å². The number of urea groups is 1. The van der Waals surface area contributed by atoms with Gasteiger partial charge in [0.15, 0.2) is 0 Å². The lowest BCUT2D eigenvalue weighted by Gasteiger charge is -2.22. The monoisotopic (exact) mass is 278 g/mol. The fourth-order valence-corrected chi connectivity index (χ4v) is 2.52. The quantitative estimate of drug-likeness (QED) is 0.796. The maximum Gasteiger partial charge on any atom is 0.321 e. The number of hydrogen-bond acceptors (Lipinski definition) is 2. The molecule has 0 aliphatic heterocycles. The third-order valence-corrected chi connectivity index (χ3v) is 4.00. The predicted molar refractivity (Wildman–Crippen MR) is 81.8 cm³/mol. The van der Waals surface area contributed by atoms with E-state index in [9.17, 15) is 4.79 Å². The third kappa shape index (κ3) is 4.46. The van der Waals surface area contributed by atoms with Crippen LogP contribution in [0.5, 0.6) is 0 Å². The highest BCUT2D eigenvalue weighted by Gasteiger charge is 2.26. The highest BCUT2D eigenvalue weighted by Crippen LogP contribution is 2.30. The molecule has 2 amide bonds. The molecule has 0 aromatic heterocycles. The Morgan fingerprint density at radius 1 is 1.47 bits per heavy atom. The molecule has 0 atom stereocenters.